The van der Waals surface area contributed by atoms with E-state index in [2.05, 4.69) is 0 Å². The van der Waals surface area contributed by atoms with E-state index in [1.54, 1.807) is 36.4 Å². The van der Waals surface area contributed by atoms with Crippen LogP contribution in [0, 0.1) is 0 Å². The first-order valence-electron chi connectivity index (χ1n) is 9.50. The lowest BCUT2D eigenvalue weighted by Crippen LogP contribution is -2.37. The van der Waals surface area contributed by atoms with Crippen LogP contribution in [0.2, 0.25) is 0 Å². The van der Waals surface area contributed by atoms with E-state index in [-0.39, 0.29) is 31.3 Å². The molecule has 0 unspecified atom stereocenters. The van der Waals surface area contributed by atoms with Gasteiger partial charge in [-0.25, -0.2) is 0 Å². The van der Waals surface area contributed by atoms with E-state index in [1.165, 1.54) is 12.0 Å². The fourth-order valence-electron chi connectivity index (χ4n) is 3.39. The molecule has 0 bridgehead atoms. The third-order valence-electron chi connectivity index (χ3n) is 4.85. The summed E-state index contributed by atoms with van der Waals surface area (Å²) in [5, 5.41) is 0. The molecule has 29 heavy (non-hydrogen) atoms. The highest BCUT2D eigenvalue weighted by Gasteiger charge is 2.21. The van der Waals surface area contributed by atoms with Crippen molar-refractivity contribution in [1.29, 1.82) is 0 Å². The number of ketones is 1. The predicted octanol–water partition coefficient (Wildman–Crippen LogP) is 2.50. The molecule has 2 amide bonds. The molecule has 0 heterocycles. The van der Waals surface area contributed by atoms with Gasteiger partial charge in [-0.1, -0.05) is 12.1 Å². The number of rotatable bonds is 8. The van der Waals surface area contributed by atoms with Crippen LogP contribution in [-0.2, 0) is 16.0 Å². The topological polar surface area (TPSA) is 98.9 Å². The molecule has 0 saturated carbocycles. The molecule has 2 N–H and O–H groups in total. The second kappa shape index (κ2) is 9.23. The molecule has 0 radical (unpaired) electrons. The number of hydrogen-bond acceptors (Lipinski definition) is 5. The monoisotopic (exact) mass is 396 g/mol. The van der Waals surface area contributed by atoms with Crippen LogP contribution in [0.3, 0.4) is 0 Å². The Morgan fingerprint density at radius 1 is 1.14 bits per heavy atom. The van der Waals surface area contributed by atoms with Gasteiger partial charge in [0, 0.05) is 24.9 Å². The maximum absolute atomic E-state index is 12.9. The van der Waals surface area contributed by atoms with Crippen molar-refractivity contribution in [1.82, 2.24) is 0 Å². The first-order chi connectivity index (χ1) is 14.0. The minimum Gasteiger partial charge on any atom is -0.495 e. The zero-order chi connectivity index (χ0) is 20.8. The van der Waals surface area contributed by atoms with E-state index in [9.17, 15) is 14.4 Å². The fraction of sp³-hybridized carbons (Fsp3) is 0.318. The first kappa shape index (κ1) is 20.4. The van der Waals surface area contributed by atoms with Crippen molar-refractivity contribution < 1.29 is 23.9 Å². The van der Waals surface area contributed by atoms with Crippen LogP contribution in [0.4, 0.5) is 5.69 Å². The average Bonchev–Trinajstić information content (AvgIpc) is 2.72. The van der Waals surface area contributed by atoms with Crippen LogP contribution >= 0.6 is 0 Å². The van der Waals surface area contributed by atoms with Crippen molar-refractivity contribution in [3.8, 4) is 11.5 Å². The van der Waals surface area contributed by atoms with E-state index in [0.717, 1.165) is 24.0 Å². The van der Waals surface area contributed by atoms with Crippen LogP contribution in [0.5, 0.6) is 11.5 Å². The zero-order valence-corrected chi connectivity index (χ0v) is 16.3. The van der Waals surface area contributed by atoms with Crippen molar-refractivity contribution >= 4 is 23.3 Å². The molecule has 1 aliphatic rings. The van der Waals surface area contributed by atoms with E-state index in [1.807, 2.05) is 6.07 Å². The molecule has 3 rings (SSSR count). The number of hydrogen-bond donors (Lipinski definition) is 1. The molecule has 0 aliphatic heterocycles. The number of nitrogens with zero attached hydrogens (tertiary/aromatic N) is 1. The van der Waals surface area contributed by atoms with Crippen molar-refractivity contribution in [3.05, 3.63) is 53.6 Å². The molecule has 7 nitrogen and oxygen atoms in total. The summed E-state index contributed by atoms with van der Waals surface area (Å²) >= 11 is 0. The summed E-state index contributed by atoms with van der Waals surface area (Å²) in [6, 6.07) is 12.3. The molecule has 2 aromatic carbocycles. The Morgan fingerprint density at radius 3 is 2.69 bits per heavy atom. The quantitative estimate of drug-likeness (QED) is 0.739. The van der Waals surface area contributed by atoms with Crippen LogP contribution in [0.15, 0.2) is 42.5 Å². The first-order valence-corrected chi connectivity index (χ1v) is 9.50. The number of benzene rings is 2. The summed E-state index contributed by atoms with van der Waals surface area (Å²) in [6.45, 7) is -0.0971. The lowest BCUT2D eigenvalue weighted by atomic mass is 9.91. The minimum absolute atomic E-state index is 0.0186. The Balaban J connectivity index is 1.74. The molecule has 0 fully saturated rings. The third-order valence-corrected chi connectivity index (χ3v) is 4.85. The Labute approximate surface area is 169 Å². The van der Waals surface area contributed by atoms with Gasteiger partial charge in [0.25, 0.3) is 5.91 Å². The summed E-state index contributed by atoms with van der Waals surface area (Å²) in [4.78, 5) is 37.5. The number of para-hydroxylation sites is 2. The van der Waals surface area contributed by atoms with Gasteiger partial charge in [-0.05, 0) is 48.7 Å². The van der Waals surface area contributed by atoms with Gasteiger partial charge in [-0.15, -0.1) is 0 Å². The number of carbonyl (C=O) groups is 3. The highest BCUT2D eigenvalue weighted by Crippen LogP contribution is 2.29. The van der Waals surface area contributed by atoms with E-state index < -0.39 is 5.91 Å². The van der Waals surface area contributed by atoms with Gasteiger partial charge < -0.3 is 20.1 Å². The molecular formula is C22H24N2O5. The Kier molecular flexibility index (Phi) is 6.49. The second-order valence-corrected chi connectivity index (χ2v) is 6.82. The molecule has 152 valence electrons. The minimum atomic E-state index is -0.502. The van der Waals surface area contributed by atoms with Crippen LogP contribution in [0.1, 0.15) is 35.2 Å². The van der Waals surface area contributed by atoms with Crippen LogP contribution in [-0.4, -0.2) is 37.9 Å². The molecule has 1 aliphatic carbocycles. The average molecular weight is 396 g/mol. The van der Waals surface area contributed by atoms with Crippen LogP contribution < -0.4 is 20.1 Å². The number of Topliss-reactive ketones (excluding diaryl/α,β-unsaturated/α-hetero) is 1. The molecule has 0 atom stereocenters. The van der Waals surface area contributed by atoms with Crippen molar-refractivity contribution in [2.75, 3.05) is 25.2 Å². The summed E-state index contributed by atoms with van der Waals surface area (Å²) in [5.74, 6) is 0.351. The lowest BCUT2D eigenvalue weighted by molar-refractivity contribution is -0.120. The summed E-state index contributed by atoms with van der Waals surface area (Å²) in [6.07, 6.45) is 2.23. The normalized spacial score (nSPS) is 12.8. The number of amides is 2. The van der Waals surface area contributed by atoms with Gasteiger partial charge in [-0.2, -0.15) is 0 Å². The number of fused-ring (bicyclic) bond motifs is 1. The third kappa shape index (κ3) is 4.93. The number of ether oxygens (including phenoxy) is 2. The number of nitrogens with two attached hydrogens (primary N) is 1. The van der Waals surface area contributed by atoms with Crippen molar-refractivity contribution in [3.63, 3.8) is 0 Å². The summed E-state index contributed by atoms with van der Waals surface area (Å²) in [7, 11) is 1.51. The van der Waals surface area contributed by atoms with Gasteiger partial charge in [0.1, 0.15) is 11.5 Å². The lowest BCUT2D eigenvalue weighted by Gasteiger charge is -2.24. The summed E-state index contributed by atoms with van der Waals surface area (Å²) < 4.78 is 11.0. The molecule has 0 saturated heterocycles. The highest BCUT2D eigenvalue weighted by atomic mass is 16.5. The molecule has 0 spiro atoms. The van der Waals surface area contributed by atoms with Gasteiger partial charge in [0.05, 0.1) is 12.8 Å². The van der Waals surface area contributed by atoms with E-state index >= 15 is 0 Å². The Bertz CT molecular complexity index is 925. The number of anilines is 1. The smallest absolute Gasteiger partial charge is 0.265 e. The van der Waals surface area contributed by atoms with Crippen molar-refractivity contribution in [2.45, 2.75) is 25.7 Å². The number of aryl methyl sites for hydroxylation is 1. The maximum Gasteiger partial charge on any atom is 0.265 e. The van der Waals surface area contributed by atoms with Gasteiger partial charge >= 0.3 is 0 Å². The van der Waals surface area contributed by atoms with Crippen LogP contribution in [0.25, 0.3) is 0 Å². The Hall–Kier alpha value is -3.35. The highest BCUT2D eigenvalue weighted by molar-refractivity contribution is 5.99. The maximum atomic E-state index is 12.9. The molecule has 2 aromatic rings. The van der Waals surface area contributed by atoms with E-state index in [0.29, 0.717) is 23.6 Å². The molecule has 0 aromatic heterocycles. The Morgan fingerprint density at radius 2 is 1.93 bits per heavy atom. The van der Waals surface area contributed by atoms with Gasteiger partial charge in [-0.3, -0.25) is 14.4 Å². The largest absolute Gasteiger partial charge is 0.495 e. The predicted molar refractivity (Wildman–Crippen MR) is 108 cm³/mol. The second-order valence-electron chi connectivity index (χ2n) is 6.82. The number of primary amides is 1. The standard InChI is InChI=1S/C22H24N2O5/c1-28-20-8-3-2-6-18(20)24(12-11-21(23)26)22(27)14-29-16-9-10-17-15(13-16)5-4-7-19(17)25/h2-3,6,8-10,13H,4-5,7,11-12,14H2,1H3,(H2,23,26). The van der Waals surface area contributed by atoms with Gasteiger partial charge in [0.2, 0.25) is 5.91 Å². The molecular weight excluding hydrogens is 372 g/mol. The molecule has 7 heteroatoms. The van der Waals surface area contributed by atoms with E-state index in [4.69, 9.17) is 15.2 Å². The van der Waals surface area contributed by atoms with Crippen molar-refractivity contribution in [2.24, 2.45) is 5.73 Å². The fourth-order valence-corrected chi connectivity index (χ4v) is 3.39. The summed E-state index contributed by atoms with van der Waals surface area (Å²) in [5.41, 5.74) is 7.48. The SMILES string of the molecule is COc1ccccc1N(CCC(N)=O)C(=O)COc1ccc2c(c1)CCCC2=O. The number of methoxy groups -OCH3 is 1. The zero-order valence-electron chi connectivity index (χ0n) is 16.3. The number of carbonyl (C=O) groups excluding carboxylic acids is 3. The van der Waals surface area contributed by atoms with Gasteiger partial charge in [0.15, 0.2) is 12.4 Å².